The SMILES string of the molecule is CC(C)N(CCC1CCCN1)C1CCCC1. The summed E-state index contributed by atoms with van der Waals surface area (Å²) in [4.78, 5) is 2.76. The lowest BCUT2D eigenvalue weighted by molar-refractivity contribution is 0.148. The zero-order valence-corrected chi connectivity index (χ0v) is 11.0. The van der Waals surface area contributed by atoms with Gasteiger partial charge in [-0.05, 0) is 52.5 Å². The predicted molar refractivity (Wildman–Crippen MR) is 69.7 cm³/mol. The molecular weight excluding hydrogens is 196 g/mol. The van der Waals surface area contributed by atoms with Crippen LogP contribution in [0.25, 0.3) is 0 Å². The Balaban J connectivity index is 1.77. The van der Waals surface area contributed by atoms with Crippen molar-refractivity contribution < 1.29 is 0 Å². The zero-order valence-electron chi connectivity index (χ0n) is 11.0. The molecule has 1 saturated heterocycles. The minimum absolute atomic E-state index is 0.726. The summed E-state index contributed by atoms with van der Waals surface area (Å²) in [6, 6.07) is 2.42. The van der Waals surface area contributed by atoms with Crippen molar-refractivity contribution >= 4 is 0 Å². The molecule has 0 spiro atoms. The Morgan fingerprint density at radius 1 is 1.12 bits per heavy atom. The molecule has 1 atom stereocenters. The van der Waals surface area contributed by atoms with Gasteiger partial charge in [-0.25, -0.2) is 0 Å². The van der Waals surface area contributed by atoms with Crippen molar-refractivity contribution in [1.82, 2.24) is 10.2 Å². The van der Waals surface area contributed by atoms with Gasteiger partial charge in [-0.15, -0.1) is 0 Å². The van der Waals surface area contributed by atoms with Crippen LogP contribution in [0.3, 0.4) is 0 Å². The van der Waals surface area contributed by atoms with Crippen LogP contribution in [0.2, 0.25) is 0 Å². The van der Waals surface area contributed by atoms with Crippen LogP contribution in [0.15, 0.2) is 0 Å². The number of nitrogens with one attached hydrogen (secondary N) is 1. The van der Waals surface area contributed by atoms with E-state index in [2.05, 4.69) is 24.1 Å². The lowest BCUT2D eigenvalue weighted by atomic mass is 10.1. The summed E-state index contributed by atoms with van der Waals surface area (Å²) >= 11 is 0. The summed E-state index contributed by atoms with van der Waals surface area (Å²) in [5, 5.41) is 3.61. The van der Waals surface area contributed by atoms with E-state index in [1.54, 1.807) is 0 Å². The predicted octanol–water partition coefficient (Wildman–Crippen LogP) is 2.78. The van der Waals surface area contributed by atoms with Crippen molar-refractivity contribution in [3.63, 3.8) is 0 Å². The molecule has 1 unspecified atom stereocenters. The molecule has 2 heteroatoms. The second kappa shape index (κ2) is 6.02. The highest BCUT2D eigenvalue weighted by molar-refractivity contribution is 4.82. The average Bonchev–Trinajstić information content (AvgIpc) is 2.88. The first-order valence-electron chi connectivity index (χ1n) is 7.26. The molecule has 0 bridgehead atoms. The Labute approximate surface area is 101 Å². The van der Waals surface area contributed by atoms with Crippen LogP contribution in [-0.2, 0) is 0 Å². The summed E-state index contributed by atoms with van der Waals surface area (Å²) in [6.07, 6.45) is 9.93. The maximum absolute atomic E-state index is 3.61. The second-order valence-corrected chi connectivity index (χ2v) is 5.85. The van der Waals surface area contributed by atoms with Gasteiger partial charge in [0.15, 0.2) is 0 Å². The standard InChI is InChI=1S/C14H28N2/c1-12(2)16(14-7-3-4-8-14)11-9-13-6-5-10-15-13/h12-15H,3-11H2,1-2H3. The molecule has 0 radical (unpaired) electrons. The quantitative estimate of drug-likeness (QED) is 0.772. The smallest absolute Gasteiger partial charge is 0.00979 e. The molecule has 94 valence electrons. The second-order valence-electron chi connectivity index (χ2n) is 5.85. The van der Waals surface area contributed by atoms with Gasteiger partial charge in [-0.2, -0.15) is 0 Å². The zero-order chi connectivity index (χ0) is 11.4. The summed E-state index contributed by atoms with van der Waals surface area (Å²) in [6.45, 7) is 7.27. The van der Waals surface area contributed by atoms with E-state index in [9.17, 15) is 0 Å². The summed E-state index contributed by atoms with van der Waals surface area (Å²) in [5.74, 6) is 0. The van der Waals surface area contributed by atoms with Gasteiger partial charge >= 0.3 is 0 Å². The van der Waals surface area contributed by atoms with Crippen molar-refractivity contribution in [3.05, 3.63) is 0 Å². The van der Waals surface area contributed by atoms with Gasteiger partial charge in [0, 0.05) is 24.7 Å². The highest BCUT2D eigenvalue weighted by Gasteiger charge is 2.25. The van der Waals surface area contributed by atoms with Gasteiger partial charge in [0.1, 0.15) is 0 Å². The van der Waals surface area contributed by atoms with Gasteiger partial charge < -0.3 is 5.32 Å². The molecule has 1 aliphatic heterocycles. The maximum Gasteiger partial charge on any atom is 0.00979 e. The van der Waals surface area contributed by atoms with Crippen LogP contribution in [0, 0.1) is 0 Å². The van der Waals surface area contributed by atoms with Crippen LogP contribution in [0.1, 0.15) is 58.8 Å². The highest BCUT2D eigenvalue weighted by Crippen LogP contribution is 2.25. The number of hydrogen-bond donors (Lipinski definition) is 1. The van der Waals surface area contributed by atoms with Crippen molar-refractivity contribution in [2.75, 3.05) is 13.1 Å². The Morgan fingerprint density at radius 3 is 2.44 bits per heavy atom. The largest absolute Gasteiger partial charge is 0.314 e. The van der Waals surface area contributed by atoms with E-state index >= 15 is 0 Å². The van der Waals surface area contributed by atoms with Crippen molar-refractivity contribution in [2.24, 2.45) is 0 Å². The molecule has 0 aromatic rings. The molecule has 16 heavy (non-hydrogen) atoms. The van der Waals surface area contributed by atoms with Crippen LogP contribution in [0.5, 0.6) is 0 Å². The van der Waals surface area contributed by atoms with Gasteiger partial charge in [0.05, 0.1) is 0 Å². The van der Waals surface area contributed by atoms with Gasteiger partial charge in [0.25, 0.3) is 0 Å². The van der Waals surface area contributed by atoms with Crippen LogP contribution >= 0.6 is 0 Å². The topological polar surface area (TPSA) is 15.3 Å². The Hall–Kier alpha value is -0.0800. The first-order valence-corrected chi connectivity index (χ1v) is 7.26. The minimum Gasteiger partial charge on any atom is -0.314 e. The fourth-order valence-corrected chi connectivity index (χ4v) is 3.41. The van der Waals surface area contributed by atoms with Crippen molar-refractivity contribution in [2.45, 2.75) is 76.9 Å². The molecule has 2 nitrogen and oxygen atoms in total. The molecular formula is C14H28N2. The van der Waals surface area contributed by atoms with E-state index in [0.717, 1.165) is 18.1 Å². The summed E-state index contributed by atoms with van der Waals surface area (Å²) in [7, 11) is 0. The van der Waals surface area contributed by atoms with E-state index in [-0.39, 0.29) is 0 Å². The molecule has 2 fully saturated rings. The molecule has 0 aromatic heterocycles. The van der Waals surface area contributed by atoms with Crippen LogP contribution in [-0.4, -0.2) is 36.1 Å². The third-order valence-corrected chi connectivity index (χ3v) is 4.36. The van der Waals surface area contributed by atoms with E-state index in [1.807, 2.05) is 0 Å². The molecule has 1 aliphatic carbocycles. The first-order chi connectivity index (χ1) is 7.77. The molecule has 1 heterocycles. The number of hydrogen-bond acceptors (Lipinski definition) is 2. The van der Waals surface area contributed by atoms with Gasteiger partial charge in [0.2, 0.25) is 0 Å². The summed E-state index contributed by atoms with van der Waals surface area (Å²) in [5.41, 5.74) is 0. The molecule has 0 aromatic carbocycles. The first kappa shape index (κ1) is 12.4. The monoisotopic (exact) mass is 224 g/mol. The normalized spacial score (nSPS) is 27.4. The van der Waals surface area contributed by atoms with Gasteiger partial charge in [-0.3, -0.25) is 4.90 Å². The Kier molecular flexibility index (Phi) is 4.66. The van der Waals surface area contributed by atoms with Gasteiger partial charge in [-0.1, -0.05) is 12.8 Å². The minimum atomic E-state index is 0.726. The fourth-order valence-electron chi connectivity index (χ4n) is 3.41. The lowest BCUT2D eigenvalue weighted by Gasteiger charge is -2.33. The fraction of sp³-hybridized carbons (Fsp3) is 1.00. The number of nitrogens with zero attached hydrogens (tertiary/aromatic N) is 1. The van der Waals surface area contributed by atoms with Crippen LogP contribution < -0.4 is 5.32 Å². The van der Waals surface area contributed by atoms with E-state index in [4.69, 9.17) is 0 Å². The van der Waals surface area contributed by atoms with E-state index < -0.39 is 0 Å². The van der Waals surface area contributed by atoms with Crippen LogP contribution in [0.4, 0.5) is 0 Å². The maximum atomic E-state index is 3.61. The molecule has 2 aliphatic rings. The average molecular weight is 224 g/mol. The van der Waals surface area contributed by atoms with Crippen molar-refractivity contribution in [1.29, 1.82) is 0 Å². The third kappa shape index (κ3) is 3.21. The molecule has 0 amide bonds. The van der Waals surface area contributed by atoms with E-state index in [0.29, 0.717) is 0 Å². The van der Waals surface area contributed by atoms with Crippen molar-refractivity contribution in [3.8, 4) is 0 Å². The Morgan fingerprint density at radius 2 is 1.88 bits per heavy atom. The van der Waals surface area contributed by atoms with E-state index in [1.165, 1.54) is 58.0 Å². The lowest BCUT2D eigenvalue weighted by Crippen LogP contribution is -2.41. The number of rotatable bonds is 5. The third-order valence-electron chi connectivity index (χ3n) is 4.36. The Bertz CT molecular complexity index is 191. The highest BCUT2D eigenvalue weighted by atomic mass is 15.2. The summed E-state index contributed by atoms with van der Waals surface area (Å²) < 4.78 is 0. The molecule has 1 saturated carbocycles. The molecule has 2 rings (SSSR count). The molecule has 1 N–H and O–H groups in total.